The molecule has 1 heterocycles. The normalized spacial score (nSPS) is 9.38. The van der Waals surface area contributed by atoms with Crippen LogP contribution in [0.1, 0.15) is 0 Å². The molecule has 0 spiro atoms. The van der Waals surface area contributed by atoms with Crippen molar-refractivity contribution in [1.82, 2.24) is 15.4 Å². The van der Waals surface area contributed by atoms with Crippen LogP contribution in [0.3, 0.4) is 0 Å². The zero-order valence-electron chi connectivity index (χ0n) is 8.75. The Morgan fingerprint density at radius 1 is 1.00 bits per heavy atom. The van der Waals surface area contributed by atoms with Gasteiger partial charge in [-0.25, -0.2) is 0 Å². The van der Waals surface area contributed by atoms with Crippen LogP contribution in [0.5, 0.6) is 0 Å². The van der Waals surface area contributed by atoms with Crippen LogP contribution in [0.2, 0.25) is 0 Å². The smallest absolute Gasteiger partial charge is 0.759 e. The minimum Gasteiger partial charge on any atom is -0.759 e. The molecule has 0 radical (unpaired) electrons. The number of hydrogen-bond donors (Lipinski definition) is 1. The van der Waals surface area contributed by atoms with Crippen LogP contribution >= 0.6 is 0 Å². The molecule has 0 saturated heterocycles. The number of nitrogens with zero attached hydrogens (tertiary/aromatic N) is 2. The number of nitrogens with one attached hydrogen (secondary N) is 1. The Balaban J connectivity index is 0. The molecule has 16 heavy (non-hydrogen) atoms. The fourth-order valence-corrected chi connectivity index (χ4v) is 0.786. The predicted molar refractivity (Wildman–Crippen MR) is 44.4 cm³/mol. The third-order valence-corrected chi connectivity index (χ3v) is 1.22. The quantitative estimate of drug-likeness (QED) is 0.286. The SMILES string of the molecule is O=S(=O)([O-])[O-].[Na+].[Na+].c1ccc2n[nH]nc2c1. The fraction of sp³-hybridized carbons (Fsp3) is 0. The van der Waals surface area contributed by atoms with Crippen LogP contribution in [-0.2, 0) is 10.4 Å². The molecule has 2 aromatic rings. The van der Waals surface area contributed by atoms with E-state index in [4.69, 9.17) is 17.5 Å². The van der Waals surface area contributed by atoms with Crippen molar-refractivity contribution in [3.05, 3.63) is 24.3 Å². The van der Waals surface area contributed by atoms with E-state index in [9.17, 15) is 0 Å². The molecule has 1 N–H and O–H groups in total. The Morgan fingerprint density at radius 2 is 1.31 bits per heavy atom. The van der Waals surface area contributed by atoms with E-state index in [1.54, 1.807) is 0 Å². The summed E-state index contributed by atoms with van der Waals surface area (Å²) in [5.41, 5.74) is 1.83. The molecule has 7 nitrogen and oxygen atoms in total. The van der Waals surface area contributed by atoms with Gasteiger partial charge in [-0.05, 0) is 12.1 Å². The Bertz CT molecular complexity index is 477. The number of benzene rings is 1. The summed E-state index contributed by atoms with van der Waals surface area (Å²) < 4.78 is 34.1. The summed E-state index contributed by atoms with van der Waals surface area (Å²) in [6.45, 7) is 0. The molecule has 0 saturated carbocycles. The molecule has 1 aromatic carbocycles. The van der Waals surface area contributed by atoms with E-state index >= 15 is 0 Å². The second-order valence-corrected chi connectivity index (χ2v) is 3.04. The maximum absolute atomic E-state index is 8.52. The van der Waals surface area contributed by atoms with E-state index in [0.717, 1.165) is 11.0 Å². The first-order valence-electron chi connectivity index (χ1n) is 3.39. The van der Waals surface area contributed by atoms with Gasteiger partial charge in [0, 0.05) is 10.4 Å². The van der Waals surface area contributed by atoms with Crippen molar-refractivity contribution >= 4 is 21.4 Å². The zero-order valence-corrected chi connectivity index (χ0v) is 13.6. The summed E-state index contributed by atoms with van der Waals surface area (Å²) in [7, 11) is -5.17. The standard InChI is InChI=1S/C6H5N3.2Na.H2O4S/c1-2-4-6-5(3-1)7-9-8-6;;;1-5(2,3)4/h1-4H,(H,7,8,9);;;(H2,1,2,3,4)/q;2*+1;/p-2. The average molecular weight is 261 g/mol. The van der Waals surface area contributed by atoms with Crippen LogP contribution < -0.4 is 59.1 Å². The maximum Gasteiger partial charge on any atom is 1.00 e. The molecule has 1 aromatic heterocycles. The molecule has 0 atom stereocenters. The first-order valence-corrected chi connectivity index (χ1v) is 4.72. The molecule has 76 valence electrons. The molecule has 0 aliphatic carbocycles. The number of H-pyrrole nitrogens is 1. The minimum absolute atomic E-state index is 0. The Kier molecular flexibility index (Phi) is 10.1. The molecule has 0 unspecified atom stereocenters. The van der Waals surface area contributed by atoms with Crippen molar-refractivity contribution in [2.24, 2.45) is 0 Å². The average Bonchev–Trinajstić information content (AvgIpc) is 2.47. The topological polar surface area (TPSA) is 122 Å². The van der Waals surface area contributed by atoms with E-state index in [1.165, 1.54) is 0 Å². The van der Waals surface area contributed by atoms with Gasteiger partial charge in [0.15, 0.2) is 0 Å². The number of rotatable bonds is 0. The Morgan fingerprint density at radius 3 is 1.62 bits per heavy atom. The number of hydrogen-bond acceptors (Lipinski definition) is 6. The summed E-state index contributed by atoms with van der Waals surface area (Å²) in [4.78, 5) is 0. The summed E-state index contributed by atoms with van der Waals surface area (Å²) in [6, 6.07) is 7.70. The largest absolute Gasteiger partial charge is 1.00 e. The van der Waals surface area contributed by atoms with E-state index in [0.29, 0.717) is 0 Å². The van der Waals surface area contributed by atoms with Crippen LogP contribution in [0.15, 0.2) is 24.3 Å². The Labute approximate surface area is 136 Å². The summed E-state index contributed by atoms with van der Waals surface area (Å²) in [5, 5.41) is 10.3. The van der Waals surface area contributed by atoms with Crippen LogP contribution in [0, 0.1) is 0 Å². The van der Waals surface area contributed by atoms with Crippen LogP contribution in [0.25, 0.3) is 11.0 Å². The first kappa shape index (κ1) is 18.8. The first-order chi connectivity index (χ1) is 6.47. The van der Waals surface area contributed by atoms with Crippen LogP contribution in [0.4, 0.5) is 0 Å². The fourth-order valence-electron chi connectivity index (χ4n) is 0.786. The van der Waals surface area contributed by atoms with Crippen molar-refractivity contribution < 1.29 is 76.6 Å². The van der Waals surface area contributed by atoms with Crippen LogP contribution in [-0.4, -0.2) is 32.9 Å². The van der Waals surface area contributed by atoms with E-state index in [-0.39, 0.29) is 59.1 Å². The van der Waals surface area contributed by atoms with Gasteiger partial charge in [-0.15, -0.1) is 0 Å². The van der Waals surface area contributed by atoms with Gasteiger partial charge in [-0.2, -0.15) is 15.4 Å². The third kappa shape index (κ3) is 8.62. The Hall–Kier alpha value is 0.490. The van der Waals surface area contributed by atoms with Gasteiger partial charge in [-0.3, -0.25) is 8.42 Å². The second kappa shape index (κ2) is 8.56. The van der Waals surface area contributed by atoms with Gasteiger partial charge in [0.2, 0.25) is 0 Å². The zero-order chi connectivity index (χ0) is 10.6. The molecule has 10 heteroatoms. The molecule has 0 aliphatic rings. The summed E-state index contributed by atoms with van der Waals surface area (Å²) in [6.07, 6.45) is 0. The van der Waals surface area contributed by atoms with Crippen molar-refractivity contribution in [3.63, 3.8) is 0 Å². The monoisotopic (exact) mass is 261 g/mol. The van der Waals surface area contributed by atoms with Gasteiger partial charge in [-0.1, -0.05) is 12.1 Å². The van der Waals surface area contributed by atoms with Crippen molar-refractivity contribution in [2.75, 3.05) is 0 Å². The second-order valence-electron chi connectivity index (χ2n) is 2.22. The molecule has 0 fully saturated rings. The molecule has 2 rings (SSSR count). The molecule has 0 aliphatic heterocycles. The molecule has 0 amide bonds. The van der Waals surface area contributed by atoms with Gasteiger partial charge in [0.05, 0.1) is 0 Å². The van der Waals surface area contributed by atoms with Crippen molar-refractivity contribution in [2.45, 2.75) is 0 Å². The van der Waals surface area contributed by atoms with E-state index < -0.39 is 10.4 Å². The van der Waals surface area contributed by atoms with Crippen molar-refractivity contribution in [3.8, 4) is 0 Å². The number of para-hydroxylation sites is 2. The van der Waals surface area contributed by atoms with Gasteiger partial charge < -0.3 is 9.11 Å². The number of aromatic amines is 1. The number of fused-ring (bicyclic) bond motifs is 1. The third-order valence-electron chi connectivity index (χ3n) is 1.22. The van der Waals surface area contributed by atoms with E-state index in [2.05, 4.69) is 15.4 Å². The molecular weight excluding hydrogens is 256 g/mol. The molecular formula is C6H5N3Na2O4S. The number of aromatic nitrogens is 3. The minimum atomic E-state index is -5.17. The predicted octanol–water partition coefficient (Wildman–Crippen LogP) is -6.37. The van der Waals surface area contributed by atoms with Gasteiger partial charge in [0.25, 0.3) is 0 Å². The summed E-state index contributed by atoms with van der Waals surface area (Å²) in [5.74, 6) is 0. The maximum atomic E-state index is 8.52. The van der Waals surface area contributed by atoms with Crippen molar-refractivity contribution in [1.29, 1.82) is 0 Å². The molecule has 0 bridgehead atoms. The van der Waals surface area contributed by atoms with E-state index in [1.807, 2.05) is 24.3 Å². The van der Waals surface area contributed by atoms with Gasteiger partial charge in [0.1, 0.15) is 11.0 Å². The summed E-state index contributed by atoms with van der Waals surface area (Å²) >= 11 is 0. The van der Waals surface area contributed by atoms with Gasteiger partial charge >= 0.3 is 59.1 Å².